The maximum atomic E-state index is 14.3. The van der Waals surface area contributed by atoms with Crippen molar-refractivity contribution in [1.82, 2.24) is 5.32 Å². The van der Waals surface area contributed by atoms with Crippen LogP contribution in [0.4, 0.5) is 22.4 Å². The molecule has 1 amide bonds. The van der Waals surface area contributed by atoms with Crippen molar-refractivity contribution >= 4 is 6.09 Å². The first-order valence-electron chi connectivity index (χ1n) is 8.00. The lowest BCUT2D eigenvalue weighted by Gasteiger charge is -2.40. The minimum atomic E-state index is -4.70. The van der Waals surface area contributed by atoms with Crippen LogP contribution in [-0.4, -0.2) is 36.1 Å². The van der Waals surface area contributed by atoms with E-state index in [9.17, 15) is 27.5 Å². The summed E-state index contributed by atoms with van der Waals surface area (Å²) in [6.07, 6.45) is -5.65. The van der Waals surface area contributed by atoms with Crippen LogP contribution in [0.3, 0.4) is 0 Å². The van der Waals surface area contributed by atoms with E-state index in [0.29, 0.717) is 12.1 Å². The quantitative estimate of drug-likeness (QED) is 0.774. The number of alkyl carbamates (subject to hydrolysis) is 1. The molecule has 9 heteroatoms. The van der Waals surface area contributed by atoms with Gasteiger partial charge in [-0.1, -0.05) is 6.07 Å². The van der Waals surface area contributed by atoms with Gasteiger partial charge >= 0.3 is 12.3 Å². The third-order valence-corrected chi connectivity index (χ3v) is 3.94. The normalized spacial score (nSPS) is 24.2. The first-order valence-corrected chi connectivity index (χ1v) is 8.00. The average molecular weight is 379 g/mol. The van der Waals surface area contributed by atoms with Gasteiger partial charge in [0.15, 0.2) is 0 Å². The Bertz CT molecular complexity index is 672. The molecule has 0 bridgehead atoms. The van der Waals surface area contributed by atoms with Gasteiger partial charge in [-0.05, 0) is 32.9 Å². The van der Waals surface area contributed by atoms with E-state index >= 15 is 0 Å². The number of benzene rings is 1. The van der Waals surface area contributed by atoms with Crippen LogP contribution in [-0.2, 0) is 21.3 Å². The lowest BCUT2D eigenvalue weighted by atomic mass is 9.82. The highest BCUT2D eigenvalue weighted by Gasteiger charge is 2.45. The maximum absolute atomic E-state index is 14.3. The average Bonchev–Trinajstić information content (AvgIpc) is 2.46. The summed E-state index contributed by atoms with van der Waals surface area (Å²) in [5.41, 5.74) is -4.22. The predicted molar refractivity (Wildman–Crippen MR) is 83.9 cm³/mol. The number of amides is 1. The Morgan fingerprint density at radius 1 is 1.35 bits per heavy atom. The van der Waals surface area contributed by atoms with Crippen LogP contribution in [0.2, 0.25) is 0 Å². The van der Waals surface area contributed by atoms with E-state index in [1.807, 2.05) is 0 Å². The highest BCUT2D eigenvalue weighted by Crippen LogP contribution is 2.37. The van der Waals surface area contributed by atoms with E-state index in [-0.39, 0.29) is 25.2 Å². The molecule has 0 aromatic heterocycles. The first kappa shape index (κ1) is 20.4. The number of rotatable bonds is 2. The highest BCUT2D eigenvalue weighted by molar-refractivity contribution is 5.68. The Hall–Kier alpha value is -1.87. The zero-order valence-electron chi connectivity index (χ0n) is 14.6. The molecule has 1 aromatic carbocycles. The van der Waals surface area contributed by atoms with Crippen molar-refractivity contribution < 1.29 is 36.9 Å². The lowest BCUT2D eigenvalue weighted by Crippen LogP contribution is -2.57. The fraction of sp³-hybridized carbons (Fsp3) is 0.588. The molecule has 2 unspecified atom stereocenters. The minimum Gasteiger partial charge on any atom is -0.444 e. The van der Waals surface area contributed by atoms with Crippen molar-refractivity contribution in [1.29, 1.82) is 0 Å². The van der Waals surface area contributed by atoms with Crippen LogP contribution in [0.5, 0.6) is 0 Å². The summed E-state index contributed by atoms with van der Waals surface area (Å²) >= 11 is 0. The second-order valence-electron chi connectivity index (χ2n) is 7.14. The van der Waals surface area contributed by atoms with Gasteiger partial charge < -0.3 is 19.9 Å². The van der Waals surface area contributed by atoms with Crippen LogP contribution in [0, 0.1) is 5.82 Å². The second-order valence-corrected chi connectivity index (χ2v) is 7.14. The van der Waals surface area contributed by atoms with E-state index in [0.717, 1.165) is 6.07 Å². The van der Waals surface area contributed by atoms with Crippen LogP contribution >= 0.6 is 0 Å². The van der Waals surface area contributed by atoms with E-state index < -0.39 is 40.9 Å². The number of hydrogen-bond donors (Lipinski definition) is 2. The maximum Gasteiger partial charge on any atom is 0.416 e. The number of alkyl halides is 3. The van der Waals surface area contributed by atoms with Gasteiger partial charge in [-0.25, -0.2) is 9.18 Å². The summed E-state index contributed by atoms with van der Waals surface area (Å²) < 4.78 is 62.8. The number of carbonyl (C=O) groups is 1. The van der Waals surface area contributed by atoms with Crippen molar-refractivity contribution in [3.63, 3.8) is 0 Å². The molecule has 0 saturated carbocycles. The van der Waals surface area contributed by atoms with Gasteiger partial charge in [0.1, 0.15) is 17.0 Å². The smallest absolute Gasteiger partial charge is 0.416 e. The Kier molecular flexibility index (Phi) is 5.53. The zero-order chi connectivity index (χ0) is 19.8. The molecule has 1 aliphatic rings. The zero-order valence-corrected chi connectivity index (χ0v) is 14.6. The monoisotopic (exact) mass is 379 g/mol. The summed E-state index contributed by atoms with van der Waals surface area (Å²) in [7, 11) is 0. The molecule has 2 rings (SSSR count). The Labute approximate surface area is 148 Å². The van der Waals surface area contributed by atoms with Gasteiger partial charge in [0.2, 0.25) is 0 Å². The first-order chi connectivity index (χ1) is 11.8. The van der Waals surface area contributed by atoms with Gasteiger partial charge in [0.25, 0.3) is 0 Å². The predicted octanol–water partition coefficient (Wildman–Crippen LogP) is 3.35. The number of carbonyl (C=O) groups excluding carboxylic acids is 1. The Morgan fingerprint density at radius 2 is 2.00 bits per heavy atom. The van der Waals surface area contributed by atoms with E-state index in [4.69, 9.17) is 9.47 Å². The number of nitrogens with one attached hydrogen (secondary N) is 1. The van der Waals surface area contributed by atoms with Crippen molar-refractivity contribution in [2.75, 3.05) is 13.2 Å². The Balaban J connectivity index is 2.30. The molecular formula is C17H21F4NO4. The van der Waals surface area contributed by atoms with Crippen LogP contribution in [0.1, 0.15) is 38.3 Å². The number of ether oxygens (including phenoxy) is 2. The third kappa shape index (κ3) is 4.64. The second kappa shape index (κ2) is 7.03. The molecule has 0 aliphatic carbocycles. The minimum absolute atomic E-state index is 0.0590. The summed E-state index contributed by atoms with van der Waals surface area (Å²) in [5, 5.41) is 13.4. The topological polar surface area (TPSA) is 67.8 Å². The van der Waals surface area contributed by atoms with Gasteiger partial charge in [-0.15, -0.1) is 0 Å². The van der Waals surface area contributed by atoms with Crippen LogP contribution in [0.15, 0.2) is 18.2 Å². The molecule has 26 heavy (non-hydrogen) atoms. The third-order valence-electron chi connectivity index (χ3n) is 3.94. The van der Waals surface area contributed by atoms with Crippen molar-refractivity contribution in [2.24, 2.45) is 0 Å². The van der Waals surface area contributed by atoms with Crippen molar-refractivity contribution in [3.05, 3.63) is 35.1 Å². The fourth-order valence-electron chi connectivity index (χ4n) is 2.72. The van der Waals surface area contributed by atoms with Gasteiger partial charge in [0, 0.05) is 18.6 Å². The molecule has 0 radical (unpaired) electrons. The fourth-order valence-corrected chi connectivity index (χ4v) is 2.72. The molecule has 146 valence electrons. The molecule has 5 nitrogen and oxygen atoms in total. The highest BCUT2D eigenvalue weighted by atomic mass is 19.4. The SMILES string of the molecule is CC(C)(C)OC(=O)NC1COCCC1(O)c1ccc(C(F)(F)F)cc1F. The molecule has 2 N–H and O–H groups in total. The molecule has 2 atom stereocenters. The van der Waals surface area contributed by atoms with Gasteiger partial charge in [0.05, 0.1) is 18.2 Å². The molecular weight excluding hydrogens is 358 g/mol. The summed E-state index contributed by atoms with van der Waals surface area (Å²) in [6, 6.07) is 0.814. The Morgan fingerprint density at radius 3 is 2.54 bits per heavy atom. The van der Waals surface area contributed by atoms with E-state index in [1.54, 1.807) is 20.8 Å². The molecule has 0 spiro atoms. The van der Waals surface area contributed by atoms with Gasteiger partial charge in [-0.2, -0.15) is 13.2 Å². The van der Waals surface area contributed by atoms with Crippen LogP contribution in [0.25, 0.3) is 0 Å². The lowest BCUT2D eigenvalue weighted by molar-refractivity contribution is -0.138. The molecule has 1 saturated heterocycles. The summed E-state index contributed by atoms with van der Waals surface area (Å²) in [5.74, 6) is -1.21. The largest absolute Gasteiger partial charge is 0.444 e. The summed E-state index contributed by atoms with van der Waals surface area (Å²) in [4.78, 5) is 12.0. The number of hydrogen-bond acceptors (Lipinski definition) is 4. The van der Waals surface area contributed by atoms with E-state index in [1.165, 1.54) is 0 Å². The number of aliphatic hydroxyl groups is 1. The van der Waals surface area contributed by atoms with Crippen LogP contribution < -0.4 is 5.32 Å². The standard InChI is InChI=1S/C17H21F4NO4/c1-15(2,3)26-14(23)22-13-9-25-7-6-16(13,24)11-5-4-10(8-12(11)18)17(19,20)21/h4-5,8,13,24H,6-7,9H2,1-3H3,(H,22,23). The van der Waals surface area contributed by atoms with Crippen molar-refractivity contribution in [2.45, 2.75) is 50.6 Å². The summed E-state index contributed by atoms with van der Waals surface area (Å²) in [6.45, 7) is 4.85. The van der Waals surface area contributed by atoms with Crippen molar-refractivity contribution in [3.8, 4) is 0 Å². The molecule has 1 aromatic rings. The van der Waals surface area contributed by atoms with Gasteiger partial charge in [-0.3, -0.25) is 0 Å². The molecule has 1 aliphatic heterocycles. The molecule has 1 heterocycles. The molecule has 1 fully saturated rings. The van der Waals surface area contributed by atoms with E-state index in [2.05, 4.69) is 5.32 Å². The number of halogens is 4.